The fraction of sp³-hybridized carbons (Fsp3) is 0.115. The van der Waals surface area contributed by atoms with Crippen molar-refractivity contribution in [2.45, 2.75) is 13.0 Å². The quantitative estimate of drug-likeness (QED) is 0.313. The second kappa shape index (κ2) is 11.1. The van der Waals surface area contributed by atoms with Gasteiger partial charge in [0, 0.05) is 6.20 Å². The van der Waals surface area contributed by atoms with E-state index < -0.39 is 17.9 Å². The SMILES string of the molecule is CCOC(=O)c1ccccc1N/C=C(/C#N)C(=O)NC(c1ccccc1)c1ccccc1. The molecule has 0 saturated heterocycles. The third-order valence-electron chi connectivity index (χ3n) is 4.70. The molecule has 0 aliphatic heterocycles. The maximum atomic E-state index is 12.9. The van der Waals surface area contributed by atoms with Gasteiger partial charge in [0.2, 0.25) is 0 Å². The van der Waals surface area contributed by atoms with Crippen molar-refractivity contribution < 1.29 is 14.3 Å². The van der Waals surface area contributed by atoms with Gasteiger partial charge in [0.25, 0.3) is 5.91 Å². The number of hydrogen-bond donors (Lipinski definition) is 2. The lowest BCUT2D eigenvalue weighted by molar-refractivity contribution is -0.117. The third kappa shape index (κ3) is 5.61. The van der Waals surface area contributed by atoms with E-state index in [2.05, 4.69) is 10.6 Å². The zero-order chi connectivity index (χ0) is 22.8. The highest BCUT2D eigenvalue weighted by Crippen LogP contribution is 2.22. The molecule has 0 heterocycles. The highest BCUT2D eigenvalue weighted by atomic mass is 16.5. The average molecular weight is 425 g/mol. The monoisotopic (exact) mass is 425 g/mol. The normalized spacial score (nSPS) is 10.8. The molecule has 1 amide bonds. The summed E-state index contributed by atoms with van der Waals surface area (Å²) in [5, 5.41) is 15.4. The van der Waals surface area contributed by atoms with Gasteiger partial charge in [-0.1, -0.05) is 72.8 Å². The lowest BCUT2D eigenvalue weighted by atomic mass is 9.98. The largest absolute Gasteiger partial charge is 0.462 e. The lowest BCUT2D eigenvalue weighted by Crippen LogP contribution is -2.30. The van der Waals surface area contributed by atoms with Crippen molar-refractivity contribution in [1.29, 1.82) is 5.26 Å². The van der Waals surface area contributed by atoms with E-state index in [1.807, 2.05) is 66.7 Å². The van der Waals surface area contributed by atoms with Crippen LogP contribution in [-0.4, -0.2) is 18.5 Å². The van der Waals surface area contributed by atoms with Crippen molar-refractivity contribution in [2.75, 3.05) is 11.9 Å². The Morgan fingerprint density at radius 3 is 2.06 bits per heavy atom. The summed E-state index contributed by atoms with van der Waals surface area (Å²) >= 11 is 0. The number of nitriles is 1. The van der Waals surface area contributed by atoms with Crippen molar-refractivity contribution in [3.8, 4) is 6.07 Å². The van der Waals surface area contributed by atoms with Gasteiger partial charge in [0.05, 0.1) is 23.9 Å². The van der Waals surface area contributed by atoms with Gasteiger partial charge in [-0.25, -0.2) is 4.79 Å². The van der Waals surface area contributed by atoms with Crippen molar-refractivity contribution in [2.24, 2.45) is 0 Å². The van der Waals surface area contributed by atoms with Crippen molar-refractivity contribution in [3.63, 3.8) is 0 Å². The number of amides is 1. The van der Waals surface area contributed by atoms with Crippen molar-refractivity contribution in [1.82, 2.24) is 5.32 Å². The summed E-state index contributed by atoms with van der Waals surface area (Å²) in [5.74, 6) is -1.02. The van der Waals surface area contributed by atoms with E-state index in [1.165, 1.54) is 6.20 Å². The number of rotatable bonds is 8. The molecule has 0 fully saturated rings. The molecule has 0 aromatic heterocycles. The third-order valence-corrected chi connectivity index (χ3v) is 4.70. The molecule has 0 atom stereocenters. The highest BCUT2D eigenvalue weighted by molar-refractivity contribution is 5.99. The molecule has 3 aromatic carbocycles. The second-order valence-electron chi connectivity index (χ2n) is 6.81. The summed E-state index contributed by atoms with van der Waals surface area (Å²) in [4.78, 5) is 25.1. The Kier molecular flexibility index (Phi) is 7.77. The Balaban J connectivity index is 1.83. The summed E-state index contributed by atoms with van der Waals surface area (Å²) in [6, 6.07) is 27.3. The van der Waals surface area contributed by atoms with Crippen LogP contribution >= 0.6 is 0 Å². The Bertz CT molecular complexity index is 1100. The topological polar surface area (TPSA) is 91.2 Å². The standard InChI is InChI=1S/C26H23N3O3/c1-2-32-26(31)22-15-9-10-16-23(22)28-18-21(17-27)25(30)29-24(19-11-5-3-6-12-19)20-13-7-4-8-14-20/h3-16,18,24,28H,2H2,1H3,(H,29,30)/b21-18-. The van der Waals surface area contributed by atoms with Crippen molar-refractivity contribution in [3.05, 3.63) is 113 Å². The van der Waals surface area contributed by atoms with Crippen LogP contribution < -0.4 is 10.6 Å². The number of benzene rings is 3. The molecule has 2 N–H and O–H groups in total. The Morgan fingerprint density at radius 2 is 1.50 bits per heavy atom. The van der Waals surface area contributed by atoms with E-state index >= 15 is 0 Å². The minimum absolute atomic E-state index is 0.125. The lowest BCUT2D eigenvalue weighted by Gasteiger charge is -2.19. The zero-order valence-corrected chi connectivity index (χ0v) is 17.6. The van der Waals surface area contributed by atoms with E-state index in [4.69, 9.17) is 4.74 Å². The smallest absolute Gasteiger partial charge is 0.340 e. The molecular formula is C26H23N3O3. The summed E-state index contributed by atoms with van der Waals surface area (Å²) in [7, 11) is 0. The van der Waals surface area contributed by atoms with E-state index in [0.29, 0.717) is 11.3 Å². The number of hydrogen-bond acceptors (Lipinski definition) is 5. The van der Waals surface area contributed by atoms with Gasteiger partial charge in [-0.3, -0.25) is 4.79 Å². The van der Waals surface area contributed by atoms with E-state index in [-0.39, 0.29) is 12.2 Å². The van der Waals surface area contributed by atoms with Gasteiger partial charge < -0.3 is 15.4 Å². The minimum Gasteiger partial charge on any atom is -0.462 e. The van der Waals surface area contributed by atoms with Crippen LogP contribution in [0, 0.1) is 11.3 Å². The molecule has 0 radical (unpaired) electrons. The Morgan fingerprint density at radius 1 is 0.938 bits per heavy atom. The number of carbonyl (C=O) groups excluding carboxylic acids is 2. The molecule has 6 heteroatoms. The van der Waals surface area contributed by atoms with Gasteiger partial charge in [-0.05, 0) is 30.2 Å². The van der Waals surface area contributed by atoms with E-state index in [0.717, 1.165) is 11.1 Å². The number of anilines is 1. The number of para-hydroxylation sites is 1. The average Bonchev–Trinajstić information content (AvgIpc) is 2.84. The summed E-state index contributed by atoms with van der Waals surface area (Å²) in [6.45, 7) is 1.97. The molecule has 6 nitrogen and oxygen atoms in total. The van der Waals surface area contributed by atoms with E-state index in [9.17, 15) is 14.9 Å². The van der Waals surface area contributed by atoms with Crippen LogP contribution in [-0.2, 0) is 9.53 Å². The van der Waals surface area contributed by atoms with Crippen LogP contribution in [0.1, 0.15) is 34.5 Å². The summed E-state index contributed by atoms with van der Waals surface area (Å²) in [5.41, 5.74) is 2.42. The number of nitrogens with zero attached hydrogens (tertiary/aromatic N) is 1. The number of esters is 1. The fourth-order valence-electron chi connectivity index (χ4n) is 3.15. The van der Waals surface area contributed by atoms with Crippen LogP contribution in [0.25, 0.3) is 0 Å². The Labute approximate surface area is 187 Å². The summed E-state index contributed by atoms with van der Waals surface area (Å²) in [6.07, 6.45) is 1.29. The molecule has 0 bridgehead atoms. The predicted octanol–water partition coefficient (Wildman–Crippen LogP) is 4.59. The molecule has 0 unspecified atom stereocenters. The first-order valence-corrected chi connectivity index (χ1v) is 10.2. The molecule has 0 aliphatic carbocycles. The molecule has 0 spiro atoms. The predicted molar refractivity (Wildman–Crippen MR) is 123 cm³/mol. The molecule has 160 valence electrons. The maximum Gasteiger partial charge on any atom is 0.340 e. The summed E-state index contributed by atoms with van der Waals surface area (Å²) < 4.78 is 5.06. The number of ether oxygens (including phenoxy) is 1. The van der Waals surface area contributed by atoms with E-state index in [1.54, 1.807) is 31.2 Å². The number of nitrogens with one attached hydrogen (secondary N) is 2. The van der Waals surface area contributed by atoms with Gasteiger partial charge in [-0.2, -0.15) is 5.26 Å². The minimum atomic E-state index is -0.536. The van der Waals surface area contributed by atoms with Crippen molar-refractivity contribution >= 4 is 17.6 Å². The van der Waals surface area contributed by atoms with Crippen LogP contribution in [0.5, 0.6) is 0 Å². The fourth-order valence-corrected chi connectivity index (χ4v) is 3.15. The molecule has 32 heavy (non-hydrogen) atoms. The molecule has 0 aliphatic rings. The maximum absolute atomic E-state index is 12.9. The van der Waals surface area contributed by atoms with Crippen LogP contribution in [0.4, 0.5) is 5.69 Å². The van der Waals surface area contributed by atoms with Gasteiger partial charge in [0.15, 0.2) is 0 Å². The molecular weight excluding hydrogens is 402 g/mol. The van der Waals surface area contributed by atoms with Gasteiger partial charge in [0.1, 0.15) is 11.6 Å². The van der Waals surface area contributed by atoms with Crippen LogP contribution in [0.3, 0.4) is 0 Å². The molecule has 3 aromatic rings. The molecule has 3 rings (SSSR count). The first kappa shape index (κ1) is 22.3. The molecule has 0 saturated carbocycles. The van der Waals surface area contributed by atoms with Crippen LogP contribution in [0.2, 0.25) is 0 Å². The Hall–Kier alpha value is -4.37. The van der Waals surface area contributed by atoms with Gasteiger partial charge in [-0.15, -0.1) is 0 Å². The highest BCUT2D eigenvalue weighted by Gasteiger charge is 2.19. The zero-order valence-electron chi connectivity index (χ0n) is 17.6. The number of carbonyl (C=O) groups is 2. The van der Waals surface area contributed by atoms with Crippen LogP contribution in [0.15, 0.2) is 96.7 Å². The first-order valence-electron chi connectivity index (χ1n) is 10.2. The first-order chi connectivity index (χ1) is 15.6. The second-order valence-corrected chi connectivity index (χ2v) is 6.81. The van der Waals surface area contributed by atoms with Gasteiger partial charge >= 0.3 is 5.97 Å².